The molecule has 5 rings (SSSR count). The van der Waals surface area contributed by atoms with Crippen molar-refractivity contribution in [3.63, 3.8) is 0 Å². The Balaban J connectivity index is 0.830. The second-order valence-electron chi connectivity index (χ2n) is 12.6. The summed E-state index contributed by atoms with van der Waals surface area (Å²) in [5.74, 6) is 0.372. The van der Waals surface area contributed by atoms with E-state index < -0.39 is 0 Å². The number of halogens is 2. The van der Waals surface area contributed by atoms with Crippen LogP contribution in [0.25, 0.3) is 12.2 Å². The average Bonchev–Trinajstić information content (AvgIpc) is 3.75. The summed E-state index contributed by atoms with van der Waals surface area (Å²) in [5, 5.41) is 7.08. The molecule has 0 bridgehead atoms. The number of ether oxygens (including phenoxy) is 6. The Morgan fingerprint density at radius 3 is 2.09 bits per heavy atom. The predicted octanol–water partition coefficient (Wildman–Crippen LogP) is 7.63. The van der Waals surface area contributed by atoms with Crippen molar-refractivity contribution in [3.8, 4) is 5.88 Å². The SMILES string of the molecule is CNc1ccc(/C=C/c2ccc(OCCOCCOCCOCCOCCNC(=O)c3ccc(COC(Cn4ccnc4)c4ccc(Cl)cc4Cl)cc3)nc2)cc1. The van der Waals surface area contributed by atoms with Crippen molar-refractivity contribution in [2.24, 2.45) is 0 Å². The number of benzene rings is 3. The summed E-state index contributed by atoms with van der Waals surface area (Å²) < 4.78 is 36.1. The van der Waals surface area contributed by atoms with Crippen molar-refractivity contribution in [1.82, 2.24) is 19.9 Å². The zero-order valence-electron chi connectivity index (χ0n) is 32.0. The van der Waals surface area contributed by atoms with Crippen LogP contribution in [-0.4, -0.2) is 93.5 Å². The van der Waals surface area contributed by atoms with Gasteiger partial charge in [-0.25, -0.2) is 9.97 Å². The molecule has 3 aromatic carbocycles. The van der Waals surface area contributed by atoms with E-state index in [4.69, 9.17) is 51.6 Å². The number of amides is 1. The molecule has 2 aromatic heterocycles. The number of anilines is 1. The molecule has 1 unspecified atom stereocenters. The zero-order chi connectivity index (χ0) is 39.9. The highest BCUT2D eigenvalue weighted by Gasteiger charge is 2.17. The van der Waals surface area contributed by atoms with Gasteiger partial charge >= 0.3 is 0 Å². The minimum Gasteiger partial charge on any atom is -0.475 e. The minimum absolute atomic E-state index is 0.180. The fourth-order valence-corrected chi connectivity index (χ4v) is 5.90. The molecule has 0 saturated carbocycles. The molecule has 302 valence electrons. The summed E-state index contributed by atoms with van der Waals surface area (Å²) in [6.45, 7) is 5.10. The molecule has 0 radical (unpaired) electrons. The summed E-state index contributed by atoms with van der Waals surface area (Å²) in [4.78, 5) is 21.1. The van der Waals surface area contributed by atoms with Gasteiger partial charge in [0.25, 0.3) is 5.91 Å². The summed E-state index contributed by atoms with van der Waals surface area (Å²) >= 11 is 12.6. The van der Waals surface area contributed by atoms with Crippen LogP contribution in [0.5, 0.6) is 5.88 Å². The first-order chi connectivity index (χ1) is 28.0. The van der Waals surface area contributed by atoms with E-state index in [-0.39, 0.29) is 12.0 Å². The molecule has 0 aliphatic rings. The van der Waals surface area contributed by atoms with Gasteiger partial charge in [-0.1, -0.05) is 65.7 Å². The summed E-state index contributed by atoms with van der Waals surface area (Å²) in [7, 11) is 1.90. The van der Waals surface area contributed by atoms with Crippen molar-refractivity contribution >= 4 is 46.9 Å². The molecule has 0 spiro atoms. The van der Waals surface area contributed by atoms with Gasteiger partial charge in [0, 0.05) is 65.1 Å². The third-order valence-electron chi connectivity index (χ3n) is 8.46. The van der Waals surface area contributed by atoms with E-state index in [9.17, 15) is 4.79 Å². The molecule has 2 heterocycles. The monoisotopic (exact) mass is 817 g/mol. The average molecular weight is 819 g/mol. The van der Waals surface area contributed by atoms with E-state index >= 15 is 0 Å². The van der Waals surface area contributed by atoms with Crippen LogP contribution in [0.2, 0.25) is 10.0 Å². The van der Waals surface area contributed by atoms with Gasteiger partial charge in [-0.3, -0.25) is 4.79 Å². The lowest BCUT2D eigenvalue weighted by atomic mass is 10.1. The molecule has 5 aromatic rings. The third-order valence-corrected chi connectivity index (χ3v) is 9.03. The van der Waals surface area contributed by atoms with Crippen molar-refractivity contribution < 1.29 is 33.2 Å². The highest BCUT2D eigenvalue weighted by atomic mass is 35.5. The third kappa shape index (κ3) is 15.9. The normalized spacial score (nSPS) is 11.8. The van der Waals surface area contributed by atoms with Gasteiger partial charge in [0.05, 0.1) is 72.3 Å². The lowest BCUT2D eigenvalue weighted by Crippen LogP contribution is -2.27. The molecule has 0 saturated heterocycles. The molecule has 1 atom stereocenters. The van der Waals surface area contributed by atoms with Gasteiger partial charge in [-0.15, -0.1) is 0 Å². The number of hydrogen-bond donors (Lipinski definition) is 2. The quantitative estimate of drug-likeness (QED) is 0.0538. The predicted molar refractivity (Wildman–Crippen MR) is 223 cm³/mol. The molecule has 0 aliphatic heterocycles. The van der Waals surface area contributed by atoms with E-state index in [2.05, 4.69) is 32.7 Å². The highest BCUT2D eigenvalue weighted by molar-refractivity contribution is 6.35. The number of carbonyl (C=O) groups excluding carboxylic acids is 1. The molecule has 0 fully saturated rings. The fourth-order valence-electron chi connectivity index (χ4n) is 5.37. The number of imidazole rings is 1. The van der Waals surface area contributed by atoms with Crippen LogP contribution < -0.4 is 15.4 Å². The van der Waals surface area contributed by atoms with Crippen molar-refractivity contribution in [2.45, 2.75) is 19.3 Å². The Kier molecular flexibility index (Phi) is 18.8. The molecule has 14 heteroatoms. The number of nitrogens with zero attached hydrogens (tertiary/aromatic N) is 3. The number of rotatable bonds is 26. The summed E-state index contributed by atoms with van der Waals surface area (Å²) in [6.07, 6.45) is 10.8. The van der Waals surface area contributed by atoms with Crippen LogP contribution >= 0.6 is 23.2 Å². The van der Waals surface area contributed by atoms with Gasteiger partial charge in [-0.2, -0.15) is 0 Å². The van der Waals surface area contributed by atoms with E-state index in [1.54, 1.807) is 43.0 Å². The number of nitrogens with one attached hydrogen (secondary N) is 2. The molecule has 2 N–H and O–H groups in total. The number of aromatic nitrogens is 3. The lowest BCUT2D eigenvalue weighted by molar-refractivity contribution is -0.00435. The lowest BCUT2D eigenvalue weighted by Gasteiger charge is -2.20. The largest absolute Gasteiger partial charge is 0.475 e. The smallest absolute Gasteiger partial charge is 0.251 e. The summed E-state index contributed by atoms with van der Waals surface area (Å²) in [6, 6.07) is 24.7. The van der Waals surface area contributed by atoms with Crippen molar-refractivity contribution in [3.05, 3.63) is 142 Å². The van der Waals surface area contributed by atoms with Gasteiger partial charge in [-0.05, 0) is 59.2 Å². The van der Waals surface area contributed by atoms with E-state index in [0.717, 1.165) is 27.9 Å². The maximum atomic E-state index is 12.6. The summed E-state index contributed by atoms with van der Waals surface area (Å²) in [5.41, 5.74) is 5.48. The number of hydrogen-bond acceptors (Lipinski definition) is 10. The molecule has 0 aliphatic carbocycles. The first kappa shape index (κ1) is 43.3. The highest BCUT2D eigenvalue weighted by Crippen LogP contribution is 2.30. The second kappa shape index (κ2) is 24.8. The molecular weight excluding hydrogens is 769 g/mol. The first-order valence-corrected chi connectivity index (χ1v) is 19.5. The minimum atomic E-state index is -0.329. The topological polar surface area (TPSA) is 127 Å². The van der Waals surface area contributed by atoms with Gasteiger partial charge in [0.1, 0.15) is 12.7 Å². The van der Waals surface area contributed by atoms with Crippen LogP contribution in [0, 0.1) is 0 Å². The van der Waals surface area contributed by atoms with E-state index in [1.165, 1.54) is 0 Å². The zero-order valence-corrected chi connectivity index (χ0v) is 33.5. The van der Waals surface area contributed by atoms with Gasteiger partial charge in [0.2, 0.25) is 5.88 Å². The maximum Gasteiger partial charge on any atom is 0.251 e. The Labute approximate surface area is 344 Å². The Bertz CT molecular complexity index is 1910. The number of pyridine rings is 1. The van der Waals surface area contributed by atoms with Crippen LogP contribution in [0.3, 0.4) is 0 Å². The molecular formula is C43H49Cl2N5O7. The van der Waals surface area contributed by atoms with Gasteiger partial charge in [0.15, 0.2) is 0 Å². The number of carbonyl (C=O) groups is 1. The van der Waals surface area contributed by atoms with Crippen LogP contribution in [-0.2, 0) is 36.8 Å². The molecule has 12 nitrogen and oxygen atoms in total. The fraction of sp³-hybridized carbons (Fsp3) is 0.326. The maximum absolute atomic E-state index is 12.6. The van der Waals surface area contributed by atoms with Gasteiger partial charge < -0.3 is 43.6 Å². The van der Waals surface area contributed by atoms with Crippen LogP contribution in [0.1, 0.15) is 38.7 Å². The first-order valence-electron chi connectivity index (χ1n) is 18.7. The van der Waals surface area contributed by atoms with E-state index in [1.807, 2.05) is 72.4 Å². The van der Waals surface area contributed by atoms with Crippen molar-refractivity contribution in [1.29, 1.82) is 0 Å². The Morgan fingerprint density at radius 1 is 0.789 bits per heavy atom. The molecule has 1 amide bonds. The van der Waals surface area contributed by atoms with E-state index in [0.29, 0.717) is 101 Å². The molecule has 57 heavy (non-hydrogen) atoms. The Morgan fingerprint density at radius 2 is 1.46 bits per heavy atom. The Hall–Kier alpha value is -4.79. The second-order valence-corrected chi connectivity index (χ2v) is 13.5. The van der Waals surface area contributed by atoms with Crippen molar-refractivity contribution in [2.75, 3.05) is 78.4 Å². The van der Waals surface area contributed by atoms with Crippen LogP contribution in [0.4, 0.5) is 5.69 Å². The van der Waals surface area contributed by atoms with Crippen LogP contribution in [0.15, 0.2) is 104 Å². The standard InChI is InChI=1S/C43H49Cl2N5O7/c1-46-38-12-6-33(7-13-38)2-3-34-8-15-42(49-29-34)56-27-26-55-25-24-54-23-22-53-21-20-52-19-17-48-43(51)36-9-4-35(5-10-36)31-57-41(30-50-18-16-47-32-50)39-14-11-37(44)28-40(39)45/h2-16,18,28-29,32,41,46H,17,19-27,30-31H2,1H3,(H,48,51)/b3-2+.